The van der Waals surface area contributed by atoms with Gasteiger partial charge in [0.1, 0.15) is 5.54 Å². The third kappa shape index (κ3) is 3.96. The summed E-state index contributed by atoms with van der Waals surface area (Å²) in [5.74, 6) is -0.384. The molecule has 1 N–H and O–H groups in total. The lowest BCUT2D eigenvalue weighted by Gasteiger charge is -2.30. The van der Waals surface area contributed by atoms with E-state index < -0.39 is 15.6 Å². The Balaban J connectivity index is 2.54. The maximum atomic E-state index is 11.9. The Morgan fingerprint density at radius 3 is 2.28 bits per heavy atom. The molecule has 1 aliphatic heterocycles. The molecule has 0 radical (unpaired) electrons. The molecule has 1 rings (SSSR count). The van der Waals surface area contributed by atoms with Crippen molar-refractivity contribution in [2.45, 2.75) is 32.2 Å². The highest BCUT2D eigenvalue weighted by Gasteiger charge is 2.31. The van der Waals surface area contributed by atoms with Gasteiger partial charge in [-0.3, -0.25) is 4.79 Å². The fourth-order valence-corrected chi connectivity index (χ4v) is 2.76. The molecule has 0 aromatic carbocycles. The first-order valence-electron chi connectivity index (χ1n) is 5.84. The quantitative estimate of drug-likeness (QED) is 0.788. The largest absolute Gasteiger partial charge is 0.338 e. The van der Waals surface area contributed by atoms with E-state index in [1.807, 2.05) is 6.07 Å². The number of nitrogens with zero attached hydrogens (tertiary/aromatic N) is 2. The molecule has 1 saturated heterocycles. The van der Waals surface area contributed by atoms with E-state index in [1.165, 1.54) is 10.6 Å². The van der Waals surface area contributed by atoms with Gasteiger partial charge in [0, 0.05) is 19.0 Å². The Morgan fingerprint density at radius 2 is 1.89 bits per heavy atom. The first-order valence-corrected chi connectivity index (χ1v) is 7.69. The number of nitriles is 1. The van der Waals surface area contributed by atoms with Gasteiger partial charge in [-0.25, -0.2) is 12.7 Å². The van der Waals surface area contributed by atoms with Crippen molar-refractivity contribution in [2.24, 2.45) is 5.92 Å². The summed E-state index contributed by atoms with van der Waals surface area (Å²) in [5, 5.41) is 11.5. The molecule has 0 atom stereocenters. The smallest absolute Gasteiger partial charge is 0.224 e. The minimum Gasteiger partial charge on any atom is -0.338 e. The minimum atomic E-state index is -3.17. The van der Waals surface area contributed by atoms with E-state index in [0.29, 0.717) is 25.9 Å². The van der Waals surface area contributed by atoms with Gasteiger partial charge in [-0.1, -0.05) is 0 Å². The Hall–Kier alpha value is -1.13. The van der Waals surface area contributed by atoms with E-state index in [4.69, 9.17) is 5.26 Å². The van der Waals surface area contributed by atoms with Crippen molar-refractivity contribution < 1.29 is 13.2 Å². The highest BCUT2D eigenvalue weighted by atomic mass is 32.2. The first-order chi connectivity index (χ1) is 8.15. The first kappa shape index (κ1) is 14.9. The molecule has 18 heavy (non-hydrogen) atoms. The van der Waals surface area contributed by atoms with Gasteiger partial charge in [0.05, 0.1) is 12.3 Å². The van der Waals surface area contributed by atoms with E-state index in [0.717, 1.165) is 0 Å². The van der Waals surface area contributed by atoms with Crippen molar-refractivity contribution >= 4 is 15.9 Å². The van der Waals surface area contributed by atoms with Gasteiger partial charge in [0.2, 0.25) is 15.9 Å². The van der Waals surface area contributed by atoms with Crippen LogP contribution in [0.15, 0.2) is 0 Å². The van der Waals surface area contributed by atoms with E-state index in [1.54, 1.807) is 13.8 Å². The Morgan fingerprint density at radius 1 is 1.39 bits per heavy atom. The zero-order valence-corrected chi connectivity index (χ0v) is 11.7. The summed E-state index contributed by atoms with van der Waals surface area (Å²) in [7, 11) is -3.17. The molecular formula is C11H19N3O3S. The second-order valence-electron chi connectivity index (χ2n) is 5.16. The van der Waals surface area contributed by atoms with Gasteiger partial charge < -0.3 is 5.32 Å². The molecule has 6 nitrogen and oxygen atoms in total. The number of nitrogens with one attached hydrogen (secondary N) is 1. The summed E-state index contributed by atoms with van der Waals surface area (Å²) in [6.07, 6.45) is 2.17. The average Bonchev–Trinajstić information content (AvgIpc) is 2.27. The van der Waals surface area contributed by atoms with Crippen molar-refractivity contribution in [1.82, 2.24) is 9.62 Å². The molecule has 7 heteroatoms. The van der Waals surface area contributed by atoms with E-state index in [-0.39, 0.29) is 11.8 Å². The van der Waals surface area contributed by atoms with E-state index in [2.05, 4.69) is 5.32 Å². The predicted octanol–water partition coefficient (Wildman–Crippen LogP) is 0.0764. The fraction of sp³-hybridized carbons (Fsp3) is 0.818. The van der Waals surface area contributed by atoms with Crippen LogP contribution in [-0.2, 0) is 14.8 Å². The summed E-state index contributed by atoms with van der Waals surface area (Å²) >= 11 is 0. The van der Waals surface area contributed by atoms with Crippen LogP contribution in [0.1, 0.15) is 26.7 Å². The van der Waals surface area contributed by atoms with Crippen LogP contribution in [-0.4, -0.2) is 43.5 Å². The molecule has 1 fully saturated rings. The van der Waals surface area contributed by atoms with Crippen LogP contribution >= 0.6 is 0 Å². The Labute approximate surface area is 108 Å². The highest BCUT2D eigenvalue weighted by molar-refractivity contribution is 7.88. The van der Waals surface area contributed by atoms with Crippen LogP contribution in [0.2, 0.25) is 0 Å². The number of carbonyl (C=O) groups is 1. The minimum absolute atomic E-state index is 0.172. The SMILES string of the molecule is CC(C)(C#N)NC(=O)C1CCN(S(C)(=O)=O)CC1. The summed E-state index contributed by atoms with van der Waals surface area (Å²) in [4.78, 5) is 11.9. The number of hydrogen-bond donors (Lipinski definition) is 1. The van der Waals surface area contributed by atoms with Crippen LogP contribution in [0.5, 0.6) is 0 Å². The molecule has 0 saturated carbocycles. The van der Waals surface area contributed by atoms with Crippen molar-refractivity contribution in [3.8, 4) is 6.07 Å². The number of piperidine rings is 1. The average molecular weight is 273 g/mol. The number of sulfonamides is 1. The van der Waals surface area contributed by atoms with Crippen LogP contribution in [0, 0.1) is 17.2 Å². The van der Waals surface area contributed by atoms with Crippen LogP contribution in [0.4, 0.5) is 0 Å². The zero-order chi connectivity index (χ0) is 14.0. The van der Waals surface area contributed by atoms with Gasteiger partial charge in [-0.15, -0.1) is 0 Å². The molecule has 0 aliphatic carbocycles. The van der Waals surface area contributed by atoms with Crippen molar-refractivity contribution in [1.29, 1.82) is 5.26 Å². The lowest BCUT2D eigenvalue weighted by molar-refractivity contribution is -0.127. The molecule has 102 valence electrons. The molecule has 0 aromatic heterocycles. The van der Waals surface area contributed by atoms with Crippen molar-refractivity contribution in [2.75, 3.05) is 19.3 Å². The van der Waals surface area contributed by atoms with Crippen LogP contribution in [0.3, 0.4) is 0 Å². The Bertz CT molecular complexity index is 456. The molecule has 0 bridgehead atoms. The fourth-order valence-electron chi connectivity index (χ4n) is 1.89. The standard InChI is InChI=1S/C11H19N3O3S/c1-11(2,8-12)13-10(15)9-4-6-14(7-5-9)18(3,16)17/h9H,4-7H2,1-3H3,(H,13,15). The van der Waals surface area contributed by atoms with E-state index in [9.17, 15) is 13.2 Å². The van der Waals surface area contributed by atoms with Crippen LogP contribution < -0.4 is 5.32 Å². The van der Waals surface area contributed by atoms with Gasteiger partial charge in [0.15, 0.2) is 0 Å². The Kier molecular flexibility index (Phi) is 4.35. The number of hydrogen-bond acceptors (Lipinski definition) is 4. The molecule has 1 amide bonds. The van der Waals surface area contributed by atoms with E-state index >= 15 is 0 Å². The van der Waals surface area contributed by atoms with Crippen LogP contribution in [0.25, 0.3) is 0 Å². The third-order valence-corrected chi connectivity index (χ3v) is 4.31. The summed E-state index contributed by atoms with van der Waals surface area (Å²) in [6, 6.07) is 2.01. The highest BCUT2D eigenvalue weighted by Crippen LogP contribution is 2.20. The normalized spacial score (nSPS) is 19.2. The maximum absolute atomic E-state index is 11.9. The number of rotatable bonds is 3. The second kappa shape index (κ2) is 5.24. The summed E-state index contributed by atoms with van der Waals surface area (Å²) in [6.45, 7) is 4.00. The maximum Gasteiger partial charge on any atom is 0.224 e. The lowest BCUT2D eigenvalue weighted by atomic mass is 9.95. The number of amides is 1. The summed E-state index contributed by atoms with van der Waals surface area (Å²) in [5.41, 5.74) is -0.884. The molecule has 1 aliphatic rings. The van der Waals surface area contributed by atoms with Gasteiger partial charge in [0.25, 0.3) is 0 Å². The zero-order valence-electron chi connectivity index (χ0n) is 10.9. The lowest BCUT2D eigenvalue weighted by Crippen LogP contribution is -2.48. The van der Waals surface area contributed by atoms with Crippen molar-refractivity contribution in [3.05, 3.63) is 0 Å². The predicted molar refractivity (Wildman–Crippen MR) is 67.0 cm³/mol. The van der Waals surface area contributed by atoms with Gasteiger partial charge in [-0.2, -0.15) is 5.26 Å². The molecule has 1 heterocycles. The van der Waals surface area contributed by atoms with Crippen molar-refractivity contribution in [3.63, 3.8) is 0 Å². The third-order valence-electron chi connectivity index (χ3n) is 3.01. The second-order valence-corrected chi connectivity index (χ2v) is 7.14. The number of carbonyl (C=O) groups excluding carboxylic acids is 1. The molecule has 0 aromatic rings. The van der Waals surface area contributed by atoms with Gasteiger partial charge in [-0.05, 0) is 26.7 Å². The molecule has 0 unspecified atom stereocenters. The molecule has 0 spiro atoms. The summed E-state index contributed by atoms with van der Waals surface area (Å²) < 4.78 is 24.0. The van der Waals surface area contributed by atoms with Gasteiger partial charge >= 0.3 is 0 Å². The molecular weight excluding hydrogens is 254 g/mol. The topological polar surface area (TPSA) is 90.3 Å². The monoisotopic (exact) mass is 273 g/mol.